The Hall–Kier alpha value is -2.29. The summed E-state index contributed by atoms with van der Waals surface area (Å²) in [5.41, 5.74) is 2.06. The molecule has 10 heteroatoms. The second-order valence-corrected chi connectivity index (χ2v) is 12.4. The van der Waals surface area contributed by atoms with Crippen LogP contribution in [-0.2, 0) is 26.2 Å². The summed E-state index contributed by atoms with van der Waals surface area (Å²) < 4.78 is 26.3. The van der Waals surface area contributed by atoms with E-state index in [0.29, 0.717) is 21.3 Å². The van der Waals surface area contributed by atoms with E-state index in [9.17, 15) is 18.0 Å². The monoisotopic (exact) mass is 567 g/mol. The highest BCUT2D eigenvalue weighted by Gasteiger charge is 2.29. The zero-order valence-corrected chi connectivity index (χ0v) is 23.9. The van der Waals surface area contributed by atoms with Crippen LogP contribution in [-0.4, -0.2) is 50.0 Å². The van der Waals surface area contributed by atoms with E-state index in [1.165, 1.54) is 9.21 Å². The second-order valence-electron chi connectivity index (χ2n) is 9.67. The molecule has 0 spiro atoms. The maximum atomic E-state index is 13.5. The van der Waals surface area contributed by atoms with Crippen LogP contribution in [0.5, 0.6) is 0 Å². The summed E-state index contributed by atoms with van der Waals surface area (Å²) in [5, 5.41) is 3.89. The van der Waals surface area contributed by atoms with Crippen LogP contribution in [0.15, 0.2) is 42.5 Å². The Morgan fingerprint density at radius 3 is 2.30 bits per heavy atom. The lowest BCUT2D eigenvalue weighted by Gasteiger charge is -2.31. The molecular weight excluding hydrogens is 533 g/mol. The van der Waals surface area contributed by atoms with Gasteiger partial charge in [-0.3, -0.25) is 13.9 Å². The first-order valence-corrected chi connectivity index (χ1v) is 15.1. The molecule has 2 amide bonds. The zero-order chi connectivity index (χ0) is 27.2. The average Bonchev–Trinajstić information content (AvgIpc) is 3.33. The van der Waals surface area contributed by atoms with Gasteiger partial charge in [-0.2, -0.15) is 0 Å². The van der Waals surface area contributed by atoms with Gasteiger partial charge in [0, 0.05) is 41.2 Å². The van der Waals surface area contributed by atoms with Crippen molar-refractivity contribution < 1.29 is 18.0 Å². The van der Waals surface area contributed by atoms with Gasteiger partial charge >= 0.3 is 0 Å². The molecule has 3 rings (SSSR count). The van der Waals surface area contributed by atoms with Crippen molar-refractivity contribution in [3.05, 3.63) is 63.6 Å². The number of rotatable bonds is 11. The molecule has 1 aliphatic carbocycles. The molecule has 7 nitrogen and oxygen atoms in total. The topological polar surface area (TPSA) is 86.8 Å². The second kappa shape index (κ2) is 13.0. The predicted octanol–water partition coefficient (Wildman–Crippen LogP) is 5.32. The smallest absolute Gasteiger partial charge is 0.242 e. The van der Waals surface area contributed by atoms with E-state index >= 15 is 0 Å². The van der Waals surface area contributed by atoms with Gasteiger partial charge in [0.25, 0.3) is 0 Å². The van der Waals surface area contributed by atoms with Crippen molar-refractivity contribution in [3.63, 3.8) is 0 Å². The van der Waals surface area contributed by atoms with Crippen LogP contribution < -0.4 is 9.62 Å². The Bertz CT molecular complexity index is 1200. The van der Waals surface area contributed by atoms with Crippen molar-refractivity contribution in [1.82, 2.24) is 10.2 Å². The Balaban J connectivity index is 1.76. The maximum Gasteiger partial charge on any atom is 0.242 e. The number of hydrogen-bond acceptors (Lipinski definition) is 4. The molecule has 1 saturated carbocycles. The van der Waals surface area contributed by atoms with Crippen LogP contribution in [0.1, 0.15) is 56.6 Å². The highest BCUT2D eigenvalue weighted by molar-refractivity contribution is 7.92. The summed E-state index contributed by atoms with van der Waals surface area (Å²) >= 11 is 12.8. The fourth-order valence-corrected chi connectivity index (χ4v) is 6.09. The third kappa shape index (κ3) is 8.09. The molecule has 0 aliphatic heterocycles. The molecule has 0 aromatic heterocycles. The van der Waals surface area contributed by atoms with Crippen molar-refractivity contribution in [1.29, 1.82) is 0 Å². The number of anilines is 1. The number of nitrogens with one attached hydrogen (secondary N) is 1. The van der Waals surface area contributed by atoms with Crippen LogP contribution in [0.3, 0.4) is 0 Å². The molecule has 0 heterocycles. The summed E-state index contributed by atoms with van der Waals surface area (Å²) in [4.78, 5) is 28.0. The van der Waals surface area contributed by atoms with Gasteiger partial charge in [-0.05, 0) is 62.9 Å². The fourth-order valence-electron chi connectivity index (χ4n) is 4.62. The molecule has 37 heavy (non-hydrogen) atoms. The largest absolute Gasteiger partial charge is 0.352 e. The van der Waals surface area contributed by atoms with Crippen molar-refractivity contribution in [2.24, 2.45) is 0 Å². The van der Waals surface area contributed by atoms with Crippen LogP contribution in [0.2, 0.25) is 10.0 Å². The average molecular weight is 569 g/mol. The van der Waals surface area contributed by atoms with Crippen LogP contribution in [0.25, 0.3) is 0 Å². The number of benzene rings is 2. The van der Waals surface area contributed by atoms with E-state index in [1.807, 2.05) is 13.0 Å². The van der Waals surface area contributed by atoms with Gasteiger partial charge in [-0.15, -0.1) is 0 Å². The number of aryl methyl sites for hydroxylation is 1. The standard InChI is InChI=1S/C27H35Cl2N3O4S/c1-19-9-6-12-22(17-19)32(37(3,35)36)16-8-15-26(33)31(18-23-24(28)13-7-14-25(23)29)20(2)27(34)30-21-10-4-5-11-21/h6-7,9,12-14,17,20-21H,4-5,8,10-11,15-16,18H2,1-3H3,(H,30,34)/t20-/m1/s1. The van der Waals surface area contributed by atoms with Crippen molar-refractivity contribution in [2.45, 2.75) is 71.0 Å². The van der Waals surface area contributed by atoms with E-state index in [2.05, 4.69) is 5.32 Å². The predicted molar refractivity (Wildman–Crippen MR) is 149 cm³/mol. The lowest BCUT2D eigenvalue weighted by molar-refractivity contribution is -0.140. The van der Waals surface area contributed by atoms with Gasteiger partial charge in [0.05, 0.1) is 11.9 Å². The van der Waals surface area contributed by atoms with E-state index in [-0.39, 0.29) is 43.8 Å². The van der Waals surface area contributed by atoms with E-state index < -0.39 is 16.1 Å². The fraction of sp³-hybridized carbons (Fsp3) is 0.481. The summed E-state index contributed by atoms with van der Waals surface area (Å²) in [6, 6.07) is 11.7. The number of sulfonamides is 1. The first-order chi connectivity index (χ1) is 17.5. The highest BCUT2D eigenvalue weighted by atomic mass is 35.5. The summed E-state index contributed by atoms with van der Waals surface area (Å²) in [6.07, 6.45) is 5.51. The van der Waals surface area contributed by atoms with Crippen LogP contribution in [0.4, 0.5) is 5.69 Å². The van der Waals surface area contributed by atoms with Crippen molar-refractivity contribution >= 4 is 50.7 Å². The molecule has 0 saturated heterocycles. The first kappa shape index (κ1) is 29.3. The summed E-state index contributed by atoms with van der Waals surface area (Å²) in [5.74, 6) is -0.497. The van der Waals surface area contributed by atoms with E-state index in [4.69, 9.17) is 23.2 Å². The Morgan fingerprint density at radius 1 is 1.08 bits per heavy atom. The summed E-state index contributed by atoms with van der Waals surface area (Å²) in [7, 11) is -3.55. The molecule has 1 fully saturated rings. The molecule has 1 aliphatic rings. The number of carbonyl (C=O) groups is 2. The summed E-state index contributed by atoms with van der Waals surface area (Å²) in [6.45, 7) is 3.80. The molecule has 0 unspecified atom stereocenters. The molecule has 1 N–H and O–H groups in total. The third-order valence-electron chi connectivity index (χ3n) is 6.70. The van der Waals surface area contributed by atoms with Crippen molar-refractivity contribution in [2.75, 3.05) is 17.1 Å². The molecule has 1 atom stereocenters. The van der Waals surface area contributed by atoms with Gasteiger partial charge < -0.3 is 10.2 Å². The quantitative estimate of drug-likeness (QED) is 0.398. The lowest BCUT2D eigenvalue weighted by Crippen LogP contribution is -2.49. The molecule has 2 aromatic rings. The molecule has 0 radical (unpaired) electrons. The van der Waals surface area contributed by atoms with Crippen molar-refractivity contribution in [3.8, 4) is 0 Å². The minimum absolute atomic E-state index is 0.0565. The van der Waals surface area contributed by atoms with Gasteiger partial charge in [0.2, 0.25) is 21.8 Å². The molecule has 0 bridgehead atoms. The minimum Gasteiger partial charge on any atom is -0.352 e. The highest BCUT2D eigenvalue weighted by Crippen LogP contribution is 2.27. The normalized spacial score (nSPS) is 14.8. The maximum absolute atomic E-state index is 13.5. The Labute approximate surface area is 230 Å². The molecule has 202 valence electrons. The Kier molecular flexibility index (Phi) is 10.3. The van der Waals surface area contributed by atoms with Gasteiger partial charge in [0.15, 0.2) is 0 Å². The van der Waals surface area contributed by atoms with E-state index in [0.717, 1.165) is 37.5 Å². The third-order valence-corrected chi connectivity index (χ3v) is 8.60. The minimum atomic E-state index is -3.55. The number of halogens is 2. The zero-order valence-electron chi connectivity index (χ0n) is 21.5. The first-order valence-electron chi connectivity index (χ1n) is 12.5. The number of hydrogen-bond donors (Lipinski definition) is 1. The van der Waals surface area contributed by atoms with Gasteiger partial charge in [-0.25, -0.2) is 8.42 Å². The lowest BCUT2D eigenvalue weighted by atomic mass is 10.1. The molecule has 2 aromatic carbocycles. The number of nitrogens with zero attached hydrogens (tertiary/aromatic N) is 2. The number of carbonyl (C=O) groups excluding carboxylic acids is 2. The van der Waals surface area contributed by atoms with Gasteiger partial charge in [0.1, 0.15) is 6.04 Å². The van der Waals surface area contributed by atoms with Crippen LogP contribution in [0, 0.1) is 6.92 Å². The SMILES string of the molecule is Cc1cccc(N(CCCC(=O)N(Cc2c(Cl)cccc2Cl)[C@H](C)C(=O)NC2CCCC2)S(C)(=O)=O)c1. The van der Waals surface area contributed by atoms with Crippen LogP contribution >= 0.6 is 23.2 Å². The van der Waals surface area contributed by atoms with Gasteiger partial charge in [-0.1, -0.05) is 54.2 Å². The molecular formula is C27H35Cl2N3O4S. The van der Waals surface area contributed by atoms with E-state index in [1.54, 1.807) is 43.3 Å². The number of amides is 2. The Morgan fingerprint density at radius 2 is 1.70 bits per heavy atom.